The number of rotatable bonds is 3. The summed E-state index contributed by atoms with van der Waals surface area (Å²) < 4.78 is 11.6. The number of carbonyl (C=O) groups is 1. The molecule has 0 amide bonds. The van der Waals surface area contributed by atoms with Crippen molar-refractivity contribution in [2.45, 2.75) is 12.1 Å². The van der Waals surface area contributed by atoms with E-state index in [4.69, 9.17) is 9.47 Å². The van der Waals surface area contributed by atoms with E-state index in [1.54, 1.807) is 11.8 Å². The molecule has 1 aromatic carbocycles. The highest BCUT2D eigenvalue weighted by Gasteiger charge is 2.32. The van der Waals surface area contributed by atoms with E-state index in [1.807, 2.05) is 29.2 Å². The number of para-hydroxylation sites is 2. The van der Waals surface area contributed by atoms with Gasteiger partial charge in [0.15, 0.2) is 11.5 Å². The number of carboxylic acids is 1. The van der Waals surface area contributed by atoms with Gasteiger partial charge in [0.25, 0.3) is 0 Å². The number of nitrogens with zero attached hydrogens (tertiary/aromatic N) is 1. The van der Waals surface area contributed by atoms with E-state index in [9.17, 15) is 9.90 Å². The summed E-state index contributed by atoms with van der Waals surface area (Å²) in [4.78, 5) is 13.3. The average molecular weight is 295 g/mol. The SMILES string of the molecule is O=C(O)C1CSCCN1CC1COc2ccccc2O1. The van der Waals surface area contributed by atoms with Crippen LogP contribution in [-0.4, -0.2) is 59.3 Å². The van der Waals surface area contributed by atoms with E-state index < -0.39 is 12.0 Å². The number of hydrogen-bond donors (Lipinski definition) is 1. The highest BCUT2D eigenvalue weighted by Crippen LogP contribution is 2.31. The molecule has 0 saturated carbocycles. The highest BCUT2D eigenvalue weighted by molar-refractivity contribution is 7.99. The lowest BCUT2D eigenvalue weighted by atomic mass is 10.2. The monoisotopic (exact) mass is 295 g/mol. The number of ether oxygens (including phenoxy) is 2. The third-order valence-electron chi connectivity index (χ3n) is 3.53. The number of benzene rings is 1. The molecule has 1 fully saturated rings. The Morgan fingerprint density at radius 3 is 3.00 bits per heavy atom. The van der Waals surface area contributed by atoms with Gasteiger partial charge in [-0.25, -0.2) is 0 Å². The predicted octanol–water partition coefficient (Wildman–Crippen LogP) is 1.33. The number of hydrogen-bond acceptors (Lipinski definition) is 5. The van der Waals surface area contributed by atoms with Gasteiger partial charge in [-0.3, -0.25) is 9.69 Å². The van der Waals surface area contributed by atoms with Crippen molar-refractivity contribution in [1.29, 1.82) is 0 Å². The van der Waals surface area contributed by atoms with Gasteiger partial charge in [-0.15, -0.1) is 0 Å². The molecule has 1 aromatic rings. The van der Waals surface area contributed by atoms with Crippen LogP contribution in [0.4, 0.5) is 0 Å². The summed E-state index contributed by atoms with van der Waals surface area (Å²) in [5.74, 6) is 2.34. The Balaban J connectivity index is 1.65. The third-order valence-corrected chi connectivity index (χ3v) is 4.55. The highest BCUT2D eigenvalue weighted by atomic mass is 32.2. The molecule has 1 N–H and O–H groups in total. The van der Waals surface area contributed by atoms with E-state index >= 15 is 0 Å². The molecule has 0 spiro atoms. The number of fused-ring (bicyclic) bond motifs is 1. The van der Waals surface area contributed by atoms with Crippen molar-refractivity contribution in [3.05, 3.63) is 24.3 Å². The van der Waals surface area contributed by atoms with Crippen molar-refractivity contribution in [3.63, 3.8) is 0 Å². The van der Waals surface area contributed by atoms with Crippen LogP contribution in [0.25, 0.3) is 0 Å². The summed E-state index contributed by atoms with van der Waals surface area (Å²) in [5, 5.41) is 9.27. The van der Waals surface area contributed by atoms with Gasteiger partial charge in [0, 0.05) is 24.6 Å². The first kappa shape index (κ1) is 13.6. The molecule has 0 bridgehead atoms. The van der Waals surface area contributed by atoms with E-state index in [2.05, 4.69) is 0 Å². The summed E-state index contributed by atoms with van der Waals surface area (Å²) in [6.45, 7) is 1.84. The Hall–Kier alpha value is -1.40. The molecule has 2 heterocycles. The molecule has 0 radical (unpaired) electrons. The minimum Gasteiger partial charge on any atom is -0.486 e. The summed E-state index contributed by atoms with van der Waals surface area (Å²) in [6.07, 6.45) is -0.116. The van der Waals surface area contributed by atoms with Crippen LogP contribution < -0.4 is 9.47 Å². The van der Waals surface area contributed by atoms with Gasteiger partial charge < -0.3 is 14.6 Å². The van der Waals surface area contributed by atoms with Crippen LogP contribution in [0, 0.1) is 0 Å². The van der Waals surface area contributed by atoms with E-state index in [1.165, 1.54) is 0 Å². The smallest absolute Gasteiger partial charge is 0.321 e. The van der Waals surface area contributed by atoms with Crippen molar-refractivity contribution in [2.24, 2.45) is 0 Å². The molecule has 2 aliphatic rings. The van der Waals surface area contributed by atoms with E-state index in [-0.39, 0.29) is 6.10 Å². The maximum Gasteiger partial charge on any atom is 0.321 e. The zero-order chi connectivity index (χ0) is 13.9. The zero-order valence-electron chi connectivity index (χ0n) is 11.0. The molecule has 5 nitrogen and oxygen atoms in total. The second kappa shape index (κ2) is 5.93. The molecule has 6 heteroatoms. The minimum absolute atomic E-state index is 0.116. The summed E-state index contributed by atoms with van der Waals surface area (Å²) in [5.41, 5.74) is 0. The molecule has 2 aliphatic heterocycles. The molecule has 2 atom stereocenters. The number of thioether (sulfide) groups is 1. The van der Waals surface area contributed by atoms with Gasteiger partial charge in [0.2, 0.25) is 0 Å². The first-order chi connectivity index (χ1) is 9.74. The molecule has 1 saturated heterocycles. The predicted molar refractivity (Wildman–Crippen MR) is 76.7 cm³/mol. The Kier molecular flexibility index (Phi) is 4.03. The fraction of sp³-hybridized carbons (Fsp3) is 0.500. The third kappa shape index (κ3) is 2.86. The van der Waals surface area contributed by atoms with Crippen LogP contribution in [0.3, 0.4) is 0 Å². The second-order valence-corrected chi connectivity index (χ2v) is 6.07. The maximum absolute atomic E-state index is 11.3. The second-order valence-electron chi connectivity index (χ2n) is 4.92. The molecule has 0 aromatic heterocycles. The van der Waals surface area contributed by atoms with Gasteiger partial charge >= 0.3 is 5.97 Å². The lowest BCUT2D eigenvalue weighted by Gasteiger charge is -2.36. The van der Waals surface area contributed by atoms with Crippen molar-refractivity contribution in [1.82, 2.24) is 4.90 Å². The Morgan fingerprint density at radius 1 is 1.40 bits per heavy atom. The molecular weight excluding hydrogens is 278 g/mol. The van der Waals surface area contributed by atoms with Crippen LogP contribution in [0.1, 0.15) is 0 Å². The molecule has 20 heavy (non-hydrogen) atoms. The quantitative estimate of drug-likeness (QED) is 0.908. The van der Waals surface area contributed by atoms with Gasteiger partial charge in [-0.05, 0) is 12.1 Å². The Morgan fingerprint density at radius 2 is 2.20 bits per heavy atom. The van der Waals surface area contributed by atoms with Crippen LogP contribution in [-0.2, 0) is 4.79 Å². The average Bonchev–Trinajstić information content (AvgIpc) is 2.47. The van der Waals surface area contributed by atoms with Gasteiger partial charge in [0.05, 0.1) is 0 Å². The first-order valence-electron chi connectivity index (χ1n) is 6.67. The summed E-state index contributed by atoms with van der Waals surface area (Å²) in [7, 11) is 0. The maximum atomic E-state index is 11.3. The van der Waals surface area contributed by atoms with Gasteiger partial charge in [-0.2, -0.15) is 11.8 Å². The lowest BCUT2D eigenvalue weighted by Crippen LogP contribution is -2.52. The zero-order valence-corrected chi connectivity index (χ0v) is 11.8. The van der Waals surface area contributed by atoms with Gasteiger partial charge in [0.1, 0.15) is 18.8 Å². The van der Waals surface area contributed by atoms with E-state index in [0.717, 1.165) is 23.8 Å². The van der Waals surface area contributed by atoms with Crippen molar-refractivity contribution in [2.75, 3.05) is 31.2 Å². The molecule has 3 rings (SSSR count). The number of aliphatic carboxylic acids is 1. The Bertz CT molecular complexity index is 496. The van der Waals surface area contributed by atoms with Crippen molar-refractivity contribution < 1.29 is 19.4 Å². The molecular formula is C14H17NO4S. The van der Waals surface area contributed by atoms with Crippen molar-refractivity contribution >= 4 is 17.7 Å². The van der Waals surface area contributed by atoms with Crippen LogP contribution in [0.5, 0.6) is 11.5 Å². The normalized spacial score (nSPS) is 26.2. The molecule has 0 aliphatic carbocycles. The fourth-order valence-corrected chi connectivity index (χ4v) is 3.61. The summed E-state index contributed by atoms with van der Waals surface area (Å²) in [6, 6.07) is 7.15. The Labute approximate surface area is 121 Å². The topological polar surface area (TPSA) is 59.0 Å². The minimum atomic E-state index is -0.755. The lowest BCUT2D eigenvalue weighted by molar-refractivity contribution is -0.143. The van der Waals surface area contributed by atoms with E-state index in [0.29, 0.717) is 18.9 Å². The standard InChI is InChI=1S/C14H17NO4S/c16-14(17)11-9-20-6-5-15(11)7-10-8-18-12-3-1-2-4-13(12)19-10/h1-4,10-11H,5-9H2,(H,16,17). The fourth-order valence-electron chi connectivity index (χ4n) is 2.50. The summed E-state index contributed by atoms with van der Waals surface area (Å²) >= 11 is 1.69. The van der Waals surface area contributed by atoms with Gasteiger partial charge in [-0.1, -0.05) is 12.1 Å². The first-order valence-corrected chi connectivity index (χ1v) is 7.82. The van der Waals surface area contributed by atoms with Crippen LogP contribution in [0.2, 0.25) is 0 Å². The largest absolute Gasteiger partial charge is 0.486 e. The van der Waals surface area contributed by atoms with Crippen molar-refractivity contribution in [3.8, 4) is 11.5 Å². The number of carboxylic acid groups (broad SMARTS) is 1. The van der Waals surface area contributed by atoms with Crippen LogP contribution in [0.15, 0.2) is 24.3 Å². The molecule has 2 unspecified atom stereocenters. The molecule has 108 valence electrons. The van der Waals surface area contributed by atoms with Crippen LogP contribution >= 0.6 is 11.8 Å².